The van der Waals surface area contributed by atoms with Gasteiger partial charge in [0.2, 0.25) is 5.91 Å². The minimum atomic E-state index is -0.680. The third kappa shape index (κ3) is 3.20. The number of para-hydroxylation sites is 1. The molecule has 0 aliphatic heterocycles. The van der Waals surface area contributed by atoms with Gasteiger partial charge in [0.05, 0.1) is 0 Å². The summed E-state index contributed by atoms with van der Waals surface area (Å²) in [4.78, 5) is 12.3. The Morgan fingerprint density at radius 1 is 1.15 bits per heavy atom. The molecule has 2 aromatic carbocycles. The van der Waals surface area contributed by atoms with E-state index in [1.165, 1.54) is 0 Å². The predicted molar refractivity (Wildman–Crippen MR) is 84.2 cm³/mol. The molecular formula is C17H18ClNO. The minimum absolute atomic E-state index is 0.193. The van der Waals surface area contributed by atoms with Gasteiger partial charge in [-0.1, -0.05) is 55.5 Å². The van der Waals surface area contributed by atoms with E-state index in [4.69, 9.17) is 11.6 Å². The summed E-state index contributed by atoms with van der Waals surface area (Å²) < 4.78 is 0. The molecule has 0 unspecified atom stereocenters. The van der Waals surface area contributed by atoms with E-state index in [0.717, 1.165) is 28.8 Å². The Labute approximate surface area is 124 Å². The molecule has 0 bridgehead atoms. The average Bonchev–Trinajstić information content (AvgIpc) is 2.49. The molecule has 2 aromatic rings. The average molecular weight is 288 g/mol. The quantitative estimate of drug-likeness (QED) is 0.826. The molecule has 1 amide bonds. The molecule has 0 aromatic heterocycles. The molecule has 1 atom stereocenters. The first-order valence-electron chi connectivity index (χ1n) is 6.72. The van der Waals surface area contributed by atoms with Crippen LogP contribution in [0, 0.1) is 6.92 Å². The van der Waals surface area contributed by atoms with Crippen molar-refractivity contribution in [3.8, 4) is 0 Å². The summed E-state index contributed by atoms with van der Waals surface area (Å²) in [6.07, 6.45) is 0.871. The number of carbonyl (C=O) groups excluding carboxylic acids is 1. The van der Waals surface area contributed by atoms with Crippen molar-refractivity contribution in [2.45, 2.75) is 25.6 Å². The Kier molecular flexibility index (Phi) is 4.80. The van der Waals surface area contributed by atoms with Crippen LogP contribution >= 0.6 is 11.6 Å². The molecule has 2 nitrogen and oxygen atoms in total. The second-order valence-electron chi connectivity index (χ2n) is 4.73. The van der Waals surface area contributed by atoms with E-state index in [9.17, 15) is 4.79 Å². The van der Waals surface area contributed by atoms with Crippen molar-refractivity contribution in [3.05, 3.63) is 65.2 Å². The monoisotopic (exact) mass is 287 g/mol. The Balaban J connectivity index is 2.20. The largest absolute Gasteiger partial charge is 0.324 e. The normalized spacial score (nSPS) is 11.9. The van der Waals surface area contributed by atoms with E-state index in [-0.39, 0.29) is 5.91 Å². The number of alkyl halides is 1. The Bertz CT molecular complexity index is 595. The number of aryl methyl sites for hydroxylation is 2. The maximum absolute atomic E-state index is 12.3. The molecule has 2 rings (SSSR count). The maximum atomic E-state index is 12.3. The van der Waals surface area contributed by atoms with Crippen molar-refractivity contribution >= 4 is 23.2 Å². The van der Waals surface area contributed by atoms with Crippen LogP contribution in [0.15, 0.2) is 48.5 Å². The fourth-order valence-corrected chi connectivity index (χ4v) is 2.36. The number of halogens is 1. The molecule has 104 valence electrons. The molecular weight excluding hydrogens is 270 g/mol. The van der Waals surface area contributed by atoms with Gasteiger partial charge in [-0.2, -0.15) is 0 Å². The number of rotatable bonds is 4. The third-order valence-corrected chi connectivity index (χ3v) is 3.76. The molecule has 20 heavy (non-hydrogen) atoms. The van der Waals surface area contributed by atoms with E-state index in [1.54, 1.807) is 0 Å². The molecule has 1 N–H and O–H groups in total. The highest BCUT2D eigenvalue weighted by Gasteiger charge is 2.18. The fourth-order valence-electron chi connectivity index (χ4n) is 2.16. The van der Waals surface area contributed by atoms with Crippen molar-refractivity contribution in [1.29, 1.82) is 0 Å². The van der Waals surface area contributed by atoms with Crippen molar-refractivity contribution in [3.63, 3.8) is 0 Å². The molecule has 0 saturated carbocycles. The van der Waals surface area contributed by atoms with Crippen molar-refractivity contribution in [1.82, 2.24) is 0 Å². The van der Waals surface area contributed by atoms with E-state index in [1.807, 2.05) is 55.5 Å². The summed E-state index contributed by atoms with van der Waals surface area (Å²) in [7, 11) is 0. The van der Waals surface area contributed by atoms with E-state index in [2.05, 4.69) is 12.2 Å². The van der Waals surface area contributed by atoms with Crippen molar-refractivity contribution in [2.24, 2.45) is 0 Å². The van der Waals surface area contributed by atoms with Gasteiger partial charge < -0.3 is 5.32 Å². The van der Waals surface area contributed by atoms with Crippen LogP contribution in [0.3, 0.4) is 0 Å². The molecule has 0 aliphatic rings. The number of benzene rings is 2. The Hall–Kier alpha value is -1.80. The summed E-state index contributed by atoms with van der Waals surface area (Å²) in [6, 6.07) is 15.4. The smallest absolute Gasteiger partial charge is 0.246 e. The Morgan fingerprint density at radius 3 is 2.50 bits per heavy atom. The van der Waals surface area contributed by atoms with Crippen LogP contribution in [-0.2, 0) is 11.2 Å². The van der Waals surface area contributed by atoms with Gasteiger partial charge in [-0.05, 0) is 30.0 Å². The number of carbonyl (C=O) groups is 1. The highest BCUT2D eigenvalue weighted by atomic mass is 35.5. The lowest BCUT2D eigenvalue weighted by Crippen LogP contribution is -2.19. The third-order valence-electron chi connectivity index (χ3n) is 3.31. The first kappa shape index (κ1) is 14.6. The van der Waals surface area contributed by atoms with Crippen LogP contribution in [0.1, 0.15) is 29.0 Å². The standard InChI is InChI=1S/C17H18ClNO/c1-3-13-11-7-8-12(2)16(13)19-17(20)15(18)14-9-5-4-6-10-14/h4-11,15H,3H2,1-2H3,(H,19,20)/t15-/m0/s1. The number of amides is 1. The van der Waals surface area contributed by atoms with Gasteiger partial charge >= 0.3 is 0 Å². The van der Waals surface area contributed by atoms with E-state index in [0.29, 0.717) is 0 Å². The highest BCUT2D eigenvalue weighted by molar-refractivity contribution is 6.32. The van der Waals surface area contributed by atoms with Gasteiger partial charge in [0, 0.05) is 5.69 Å². The Morgan fingerprint density at radius 2 is 1.85 bits per heavy atom. The summed E-state index contributed by atoms with van der Waals surface area (Å²) >= 11 is 6.24. The lowest BCUT2D eigenvalue weighted by molar-refractivity contribution is -0.116. The van der Waals surface area contributed by atoms with E-state index >= 15 is 0 Å². The highest BCUT2D eigenvalue weighted by Crippen LogP contribution is 2.26. The molecule has 0 radical (unpaired) electrons. The zero-order valence-corrected chi connectivity index (χ0v) is 12.4. The summed E-state index contributed by atoms with van der Waals surface area (Å²) in [5.41, 5.74) is 3.85. The van der Waals surface area contributed by atoms with Crippen LogP contribution in [0.5, 0.6) is 0 Å². The van der Waals surface area contributed by atoms with Crippen LogP contribution in [0.25, 0.3) is 0 Å². The number of hydrogen-bond acceptors (Lipinski definition) is 1. The predicted octanol–water partition coefficient (Wildman–Crippen LogP) is 4.48. The second kappa shape index (κ2) is 6.58. The van der Waals surface area contributed by atoms with Crippen LogP contribution in [-0.4, -0.2) is 5.91 Å². The molecule has 0 saturated heterocycles. The zero-order chi connectivity index (χ0) is 14.5. The summed E-state index contributed by atoms with van der Waals surface area (Å²) in [5.74, 6) is -0.193. The van der Waals surface area contributed by atoms with Crippen LogP contribution in [0.2, 0.25) is 0 Å². The number of hydrogen-bond donors (Lipinski definition) is 1. The van der Waals surface area contributed by atoms with Gasteiger partial charge in [-0.15, -0.1) is 11.6 Å². The first-order valence-corrected chi connectivity index (χ1v) is 7.15. The topological polar surface area (TPSA) is 29.1 Å². The number of nitrogens with one attached hydrogen (secondary N) is 1. The maximum Gasteiger partial charge on any atom is 0.246 e. The van der Waals surface area contributed by atoms with E-state index < -0.39 is 5.38 Å². The lowest BCUT2D eigenvalue weighted by Gasteiger charge is -2.15. The molecule has 0 heterocycles. The lowest BCUT2D eigenvalue weighted by atomic mass is 10.1. The van der Waals surface area contributed by atoms with Gasteiger partial charge in [-0.3, -0.25) is 4.79 Å². The summed E-state index contributed by atoms with van der Waals surface area (Å²) in [6.45, 7) is 4.06. The molecule has 0 aliphatic carbocycles. The van der Waals surface area contributed by atoms with Gasteiger partial charge in [-0.25, -0.2) is 0 Å². The first-order chi connectivity index (χ1) is 9.63. The van der Waals surface area contributed by atoms with Gasteiger partial charge in [0.1, 0.15) is 5.38 Å². The molecule has 3 heteroatoms. The molecule has 0 fully saturated rings. The van der Waals surface area contributed by atoms with Gasteiger partial charge in [0.25, 0.3) is 0 Å². The minimum Gasteiger partial charge on any atom is -0.324 e. The number of anilines is 1. The second-order valence-corrected chi connectivity index (χ2v) is 5.16. The molecule has 0 spiro atoms. The van der Waals surface area contributed by atoms with Crippen LogP contribution < -0.4 is 5.32 Å². The fraction of sp³-hybridized carbons (Fsp3) is 0.235. The zero-order valence-electron chi connectivity index (χ0n) is 11.7. The van der Waals surface area contributed by atoms with Crippen molar-refractivity contribution in [2.75, 3.05) is 5.32 Å². The van der Waals surface area contributed by atoms with Crippen molar-refractivity contribution < 1.29 is 4.79 Å². The van der Waals surface area contributed by atoms with Gasteiger partial charge in [0.15, 0.2) is 0 Å². The van der Waals surface area contributed by atoms with Crippen LogP contribution in [0.4, 0.5) is 5.69 Å². The SMILES string of the molecule is CCc1cccc(C)c1NC(=O)[C@@H](Cl)c1ccccc1. The summed E-state index contributed by atoms with van der Waals surface area (Å²) in [5, 5.41) is 2.28.